The van der Waals surface area contributed by atoms with E-state index in [4.69, 9.17) is 4.74 Å². The van der Waals surface area contributed by atoms with Gasteiger partial charge in [-0.25, -0.2) is 0 Å². The van der Waals surface area contributed by atoms with Crippen molar-refractivity contribution in [1.29, 1.82) is 0 Å². The topological polar surface area (TPSA) is 147 Å². The Balaban J connectivity index is 1.90. The van der Waals surface area contributed by atoms with Crippen LogP contribution in [-0.2, 0) is 14.9 Å². The molecule has 2 aromatic carbocycles. The van der Waals surface area contributed by atoms with Gasteiger partial charge in [0.15, 0.2) is 11.6 Å². The third kappa shape index (κ3) is 10.4. The third-order valence-electron chi connectivity index (χ3n) is 6.68. The fraction of sp³-hybridized carbons (Fsp3) is 0.500. The molecule has 0 aliphatic carbocycles. The summed E-state index contributed by atoms with van der Waals surface area (Å²) < 4.78 is 39.4. The van der Waals surface area contributed by atoms with Crippen LogP contribution in [-0.4, -0.2) is 49.2 Å². The van der Waals surface area contributed by atoms with Crippen molar-refractivity contribution in [3.63, 3.8) is 0 Å². The zero-order valence-electron chi connectivity index (χ0n) is 23.4. The quantitative estimate of drug-likeness (QED) is 0.107. The fourth-order valence-corrected chi connectivity index (χ4v) is 5.37. The first kappa shape index (κ1) is 33.0. The Hall–Kier alpha value is -3.24. The van der Waals surface area contributed by atoms with Gasteiger partial charge in [0, 0.05) is 36.6 Å². The van der Waals surface area contributed by atoms with E-state index < -0.39 is 37.9 Å². The standard InChI is InChI=1S/C30H41NO8S/c1-3-4-5-6-7-8-11-17-28(34)31-20-12-9-10-16-26(32)24-14-13-15-25(30(24)40(36,37)38)29(35)23-19-18-22(39-2)21-27(23)33/h13-15,18-19,21,33H,3-12,16-17,20H2,1-2H3,(H,31,34)(H,36,37,38). The predicted molar refractivity (Wildman–Crippen MR) is 153 cm³/mol. The summed E-state index contributed by atoms with van der Waals surface area (Å²) in [6, 6.07) is 7.68. The Labute approximate surface area is 237 Å². The van der Waals surface area contributed by atoms with Crippen LogP contribution in [0.5, 0.6) is 11.5 Å². The third-order valence-corrected chi connectivity index (χ3v) is 7.63. The zero-order valence-corrected chi connectivity index (χ0v) is 24.2. The SMILES string of the molecule is CCCCCCCCCC(=O)NCCCCCC(=O)c1cccc(C(=O)c2ccc(OC)cc2O)c1S(=O)(=O)O. The molecule has 0 unspecified atom stereocenters. The molecule has 9 nitrogen and oxygen atoms in total. The summed E-state index contributed by atoms with van der Waals surface area (Å²) in [6.45, 7) is 2.68. The highest BCUT2D eigenvalue weighted by Crippen LogP contribution is 2.30. The van der Waals surface area contributed by atoms with Crippen LogP contribution >= 0.6 is 0 Å². The van der Waals surface area contributed by atoms with Crippen LogP contribution in [0.2, 0.25) is 0 Å². The van der Waals surface area contributed by atoms with Crippen molar-refractivity contribution in [3.05, 3.63) is 53.1 Å². The van der Waals surface area contributed by atoms with Crippen molar-refractivity contribution in [2.45, 2.75) is 88.9 Å². The lowest BCUT2D eigenvalue weighted by atomic mass is 9.97. The van der Waals surface area contributed by atoms with Crippen molar-refractivity contribution in [2.75, 3.05) is 13.7 Å². The Bertz CT molecular complexity index is 1260. The van der Waals surface area contributed by atoms with Gasteiger partial charge in [0.1, 0.15) is 16.4 Å². The molecule has 1 amide bonds. The molecule has 2 rings (SSSR count). The molecule has 40 heavy (non-hydrogen) atoms. The number of phenolic OH excluding ortho intramolecular Hbond substituents is 1. The molecule has 0 saturated heterocycles. The maximum atomic E-state index is 13.1. The summed E-state index contributed by atoms with van der Waals surface area (Å²) in [7, 11) is -3.56. The molecule has 0 aromatic heterocycles. The minimum atomic E-state index is -4.95. The minimum absolute atomic E-state index is 0.0000721. The van der Waals surface area contributed by atoms with Gasteiger partial charge in [0.05, 0.1) is 12.7 Å². The molecule has 0 fully saturated rings. The second-order valence-electron chi connectivity index (χ2n) is 9.82. The second-order valence-corrected chi connectivity index (χ2v) is 11.2. The Morgan fingerprint density at radius 3 is 2.10 bits per heavy atom. The first-order chi connectivity index (χ1) is 19.1. The van der Waals surface area contributed by atoms with Gasteiger partial charge in [0.2, 0.25) is 5.91 Å². The van der Waals surface area contributed by atoms with Gasteiger partial charge < -0.3 is 15.2 Å². The number of phenols is 1. The predicted octanol–water partition coefficient (Wildman–Crippen LogP) is 5.88. The molecular weight excluding hydrogens is 534 g/mol. The normalized spacial score (nSPS) is 11.3. The molecule has 0 atom stereocenters. The van der Waals surface area contributed by atoms with Crippen LogP contribution in [0.15, 0.2) is 41.3 Å². The summed E-state index contributed by atoms with van der Waals surface area (Å²) in [5.74, 6) is -1.52. The van der Waals surface area contributed by atoms with Gasteiger partial charge in [0.25, 0.3) is 10.1 Å². The van der Waals surface area contributed by atoms with Gasteiger partial charge in [-0.05, 0) is 43.5 Å². The van der Waals surface area contributed by atoms with Crippen LogP contribution in [0, 0.1) is 0 Å². The molecule has 2 aromatic rings. The van der Waals surface area contributed by atoms with E-state index in [1.54, 1.807) is 0 Å². The number of amides is 1. The highest BCUT2D eigenvalue weighted by molar-refractivity contribution is 7.86. The first-order valence-electron chi connectivity index (χ1n) is 13.9. The van der Waals surface area contributed by atoms with Crippen molar-refractivity contribution in [3.8, 4) is 11.5 Å². The summed E-state index contributed by atoms with van der Waals surface area (Å²) in [5, 5.41) is 13.1. The minimum Gasteiger partial charge on any atom is -0.507 e. The van der Waals surface area contributed by atoms with Gasteiger partial charge in [-0.3, -0.25) is 18.9 Å². The number of nitrogens with one attached hydrogen (secondary N) is 1. The maximum absolute atomic E-state index is 13.1. The van der Waals surface area contributed by atoms with Gasteiger partial charge in [-0.1, -0.05) is 57.9 Å². The van der Waals surface area contributed by atoms with Crippen LogP contribution in [0.25, 0.3) is 0 Å². The van der Waals surface area contributed by atoms with E-state index in [1.165, 1.54) is 69.2 Å². The summed E-state index contributed by atoms with van der Waals surface area (Å²) in [5.41, 5.74) is -0.911. The molecule has 0 saturated carbocycles. The maximum Gasteiger partial charge on any atom is 0.295 e. The monoisotopic (exact) mass is 575 g/mol. The number of ketones is 2. The average molecular weight is 576 g/mol. The van der Waals surface area contributed by atoms with E-state index in [0.29, 0.717) is 38.0 Å². The highest BCUT2D eigenvalue weighted by atomic mass is 32.2. The van der Waals surface area contributed by atoms with Gasteiger partial charge >= 0.3 is 0 Å². The molecule has 0 aliphatic rings. The highest BCUT2D eigenvalue weighted by Gasteiger charge is 2.28. The summed E-state index contributed by atoms with van der Waals surface area (Å²) in [6.07, 6.45) is 10.3. The molecule has 0 radical (unpaired) electrons. The van der Waals surface area contributed by atoms with E-state index in [1.807, 2.05) is 0 Å². The number of Topliss-reactive ketones (excluding diaryl/α,β-unsaturated/α-hetero) is 1. The molecule has 0 heterocycles. The largest absolute Gasteiger partial charge is 0.507 e. The average Bonchev–Trinajstić information content (AvgIpc) is 2.92. The van der Waals surface area contributed by atoms with E-state index in [-0.39, 0.29) is 23.5 Å². The molecule has 220 valence electrons. The van der Waals surface area contributed by atoms with Crippen LogP contribution in [0.1, 0.15) is 110 Å². The number of aromatic hydroxyl groups is 1. The van der Waals surface area contributed by atoms with Crippen molar-refractivity contribution in [1.82, 2.24) is 5.32 Å². The van der Waals surface area contributed by atoms with E-state index in [9.17, 15) is 32.5 Å². The van der Waals surface area contributed by atoms with Gasteiger partial charge in [-0.2, -0.15) is 8.42 Å². The van der Waals surface area contributed by atoms with Crippen LogP contribution in [0.4, 0.5) is 0 Å². The number of rotatable bonds is 19. The van der Waals surface area contributed by atoms with Crippen LogP contribution < -0.4 is 10.1 Å². The van der Waals surface area contributed by atoms with E-state index >= 15 is 0 Å². The number of hydrogen-bond acceptors (Lipinski definition) is 7. The number of ether oxygens (including phenoxy) is 1. The Morgan fingerprint density at radius 1 is 0.825 bits per heavy atom. The van der Waals surface area contributed by atoms with Crippen LogP contribution in [0.3, 0.4) is 0 Å². The molecule has 3 N–H and O–H groups in total. The summed E-state index contributed by atoms with van der Waals surface area (Å²) >= 11 is 0. The van der Waals surface area contributed by atoms with Crippen molar-refractivity contribution >= 4 is 27.6 Å². The number of unbranched alkanes of at least 4 members (excludes halogenated alkanes) is 8. The van der Waals surface area contributed by atoms with Gasteiger partial charge in [-0.15, -0.1) is 0 Å². The lowest BCUT2D eigenvalue weighted by Gasteiger charge is -2.12. The zero-order chi connectivity index (χ0) is 29.5. The molecule has 10 heteroatoms. The fourth-order valence-electron chi connectivity index (χ4n) is 4.47. The smallest absolute Gasteiger partial charge is 0.295 e. The molecule has 0 aliphatic heterocycles. The summed E-state index contributed by atoms with van der Waals surface area (Å²) in [4.78, 5) is 37.2. The second kappa shape index (κ2) is 16.8. The lowest BCUT2D eigenvalue weighted by molar-refractivity contribution is -0.121. The first-order valence-corrected chi connectivity index (χ1v) is 15.4. The van der Waals surface area contributed by atoms with E-state index in [0.717, 1.165) is 19.3 Å². The number of methoxy groups -OCH3 is 1. The Morgan fingerprint density at radius 2 is 1.45 bits per heavy atom. The number of benzene rings is 2. The number of hydrogen-bond donors (Lipinski definition) is 3. The number of carbonyl (C=O) groups is 3. The van der Waals surface area contributed by atoms with E-state index in [2.05, 4.69) is 12.2 Å². The molecule has 0 bridgehead atoms. The number of carbonyl (C=O) groups excluding carboxylic acids is 3. The lowest BCUT2D eigenvalue weighted by Crippen LogP contribution is -2.24. The molecule has 0 spiro atoms. The van der Waals surface area contributed by atoms with Crippen molar-refractivity contribution in [2.24, 2.45) is 0 Å². The van der Waals surface area contributed by atoms with Crippen molar-refractivity contribution < 1.29 is 37.2 Å². The Kier molecular flexibility index (Phi) is 13.8. The molecular formula is C30H41NO8S.